The number of rotatable bonds is 5. The van der Waals surface area contributed by atoms with Gasteiger partial charge in [0.05, 0.1) is 0 Å². The number of carbonyl (C=O) groups excluding carboxylic acids is 1. The van der Waals surface area contributed by atoms with E-state index in [0.717, 1.165) is 13.1 Å². The Balaban J connectivity index is 1.92. The second kappa shape index (κ2) is 7.79. The number of hydrogen-bond donors (Lipinski definition) is 1. The number of aryl methyl sites for hydroxylation is 2. The molecule has 1 fully saturated rings. The van der Waals surface area contributed by atoms with Crippen molar-refractivity contribution in [3.8, 4) is 0 Å². The van der Waals surface area contributed by atoms with Crippen LogP contribution in [0.15, 0.2) is 39.8 Å². The van der Waals surface area contributed by atoms with Crippen LogP contribution < -0.4 is 4.72 Å². The Morgan fingerprint density at radius 1 is 1.15 bits per heavy atom. The monoisotopic (exact) mass is 392 g/mol. The minimum Gasteiger partial charge on any atom is -0.360 e. The summed E-state index contributed by atoms with van der Waals surface area (Å²) in [4.78, 5) is 17.0. The van der Waals surface area contributed by atoms with Crippen molar-refractivity contribution >= 4 is 15.9 Å². The zero-order valence-corrected chi connectivity index (χ0v) is 16.5. The fraction of sp³-hybridized carbons (Fsp3) is 0.444. The first kappa shape index (κ1) is 19.5. The Hall–Kier alpha value is -2.23. The number of hydrogen-bond acceptors (Lipinski definition) is 6. The van der Waals surface area contributed by atoms with Crippen molar-refractivity contribution in [2.24, 2.45) is 0 Å². The first-order chi connectivity index (χ1) is 12.8. The Bertz CT molecular complexity index is 883. The molecule has 3 rings (SSSR count). The minimum atomic E-state index is -3.98. The van der Waals surface area contributed by atoms with E-state index >= 15 is 0 Å². The molecular weight excluding hydrogens is 368 g/mol. The van der Waals surface area contributed by atoms with Crippen molar-refractivity contribution in [3.63, 3.8) is 0 Å². The van der Waals surface area contributed by atoms with Gasteiger partial charge in [0.15, 0.2) is 5.76 Å². The van der Waals surface area contributed by atoms with Gasteiger partial charge in [0.2, 0.25) is 15.9 Å². The van der Waals surface area contributed by atoms with Gasteiger partial charge in [0.25, 0.3) is 0 Å². The minimum absolute atomic E-state index is 0.0189. The molecule has 2 heterocycles. The van der Waals surface area contributed by atoms with Crippen LogP contribution in [0.2, 0.25) is 0 Å². The average molecular weight is 392 g/mol. The molecule has 27 heavy (non-hydrogen) atoms. The zero-order chi connectivity index (χ0) is 19.6. The van der Waals surface area contributed by atoms with Crippen molar-refractivity contribution in [1.82, 2.24) is 19.7 Å². The Morgan fingerprint density at radius 3 is 2.33 bits per heavy atom. The highest BCUT2D eigenvalue weighted by Crippen LogP contribution is 2.24. The lowest BCUT2D eigenvalue weighted by molar-refractivity contribution is -0.134. The molecule has 1 N–H and O–H groups in total. The number of nitrogens with zero attached hydrogens (tertiary/aromatic N) is 3. The van der Waals surface area contributed by atoms with E-state index in [0.29, 0.717) is 18.7 Å². The van der Waals surface area contributed by atoms with Crippen LogP contribution in [0, 0.1) is 13.8 Å². The first-order valence-electron chi connectivity index (χ1n) is 8.77. The maximum absolute atomic E-state index is 13.2. The molecule has 8 nitrogen and oxygen atoms in total. The van der Waals surface area contributed by atoms with Gasteiger partial charge in [-0.1, -0.05) is 35.5 Å². The third kappa shape index (κ3) is 4.20. The third-order valence-corrected chi connectivity index (χ3v) is 6.37. The van der Waals surface area contributed by atoms with E-state index < -0.39 is 16.1 Å². The fourth-order valence-electron chi connectivity index (χ4n) is 3.19. The number of aromatic nitrogens is 1. The van der Waals surface area contributed by atoms with Crippen LogP contribution in [0.1, 0.15) is 23.1 Å². The van der Waals surface area contributed by atoms with Crippen LogP contribution in [0.4, 0.5) is 0 Å². The second-order valence-electron chi connectivity index (χ2n) is 6.75. The highest BCUT2D eigenvalue weighted by atomic mass is 32.2. The van der Waals surface area contributed by atoms with Crippen LogP contribution in [0.25, 0.3) is 0 Å². The number of piperazine rings is 1. The molecule has 1 aromatic carbocycles. The molecule has 0 aliphatic carbocycles. The van der Waals surface area contributed by atoms with E-state index in [1.165, 1.54) is 6.92 Å². The van der Waals surface area contributed by atoms with Crippen LogP contribution in [0.3, 0.4) is 0 Å². The predicted octanol–water partition coefficient (Wildman–Crippen LogP) is 1.09. The SMILES string of the molecule is Cc1noc(C)c1S(=O)(=O)N[C@H](C(=O)N1CCN(C)CC1)c1ccccc1. The van der Waals surface area contributed by atoms with Gasteiger partial charge in [-0.2, -0.15) is 4.72 Å². The summed E-state index contributed by atoms with van der Waals surface area (Å²) in [5.41, 5.74) is 0.857. The van der Waals surface area contributed by atoms with Crippen molar-refractivity contribution in [1.29, 1.82) is 0 Å². The average Bonchev–Trinajstić information content (AvgIpc) is 3.00. The van der Waals surface area contributed by atoms with E-state index in [1.807, 2.05) is 13.1 Å². The standard InChI is InChI=1S/C18H24N4O4S/c1-13-17(14(2)26-19-13)27(24,25)20-16(15-7-5-4-6-8-15)18(23)22-11-9-21(3)10-12-22/h4-8,16,20H,9-12H2,1-3H3/t16-/m0/s1. The Morgan fingerprint density at radius 2 is 1.78 bits per heavy atom. The molecule has 146 valence electrons. The maximum atomic E-state index is 13.2. The van der Waals surface area contributed by atoms with Gasteiger partial charge >= 0.3 is 0 Å². The fourth-order valence-corrected chi connectivity index (χ4v) is 4.70. The van der Waals surface area contributed by atoms with Crippen molar-refractivity contribution in [2.45, 2.75) is 24.8 Å². The Kier molecular flexibility index (Phi) is 5.64. The molecule has 9 heteroatoms. The maximum Gasteiger partial charge on any atom is 0.247 e. The van der Waals surface area contributed by atoms with Crippen molar-refractivity contribution in [2.75, 3.05) is 33.2 Å². The summed E-state index contributed by atoms with van der Waals surface area (Å²) in [6.45, 7) is 5.73. The van der Waals surface area contributed by atoms with Gasteiger partial charge in [0.1, 0.15) is 16.6 Å². The third-order valence-electron chi connectivity index (χ3n) is 4.70. The quantitative estimate of drug-likeness (QED) is 0.818. The molecular formula is C18H24N4O4S. The Labute approximate surface area is 159 Å². The molecule has 1 amide bonds. The molecule has 0 bridgehead atoms. The highest BCUT2D eigenvalue weighted by Gasteiger charge is 2.34. The lowest BCUT2D eigenvalue weighted by Gasteiger charge is -2.34. The molecule has 1 atom stereocenters. The molecule has 0 unspecified atom stereocenters. The molecule has 0 radical (unpaired) electrons. The number of amides is 1. The van der Waals surface area contributed by atoms with E-state index in [2.05, 4.69) is 14.8 Å². The lowest BCUT2D eigenvalue weighted by Crippen LogP contribution is -2.51. The summed E-state index contributed by atoms with van der Waals surface area (Å²) in [7, 11) is -1.99. The van der Waals surface area contributed by atoms with Crippen LogP contribution in [0.5, 0.6) is 0 Å². The van der Waals surface area contributed by atoms with Gasteiger partial charge in [-0.15, -0.1) is 0 Å². The van der Waals surface area contributed by atoms with Gasteiger partial charge < -0.3 is 14.3 Å². The van der Waals surface area contributed by atoms with Gasteiger partial charge in [-0.3, -0.25) is 4.79 Å². The largest absolute Gasteiger partial charge is 0.360 e. The summed E-state index contributed by atoms with van der Waals surface area (Å²) in [6.07, 6.45) is 0. The molecule has 1 aliphatic rings. The summed E-state index contributed by atoms with van der Waals surface area (Å²) in [6, 6.07) is 7.87. The van der Waals surface area contributed by atoms with Gasteiger partial charge in [-0.25, -0.2) is 8.42 Å². The normalized spacial score (nSPS) is 17.1. The first-order valence-corrected chi connectivity index (χ1v) is 10.3. The number of likely N-dealkylation sites (N-methyl/N-ethyl adjacent to an activating group) is 1. The van der Waals surface area contributed by atoms with Crippen molar-refractivity contribution in [3.05, 3.63) is 47.3 Å². The van der Waals surface area contributed by atoms with E-state index in [-0.39, 0.29) is 22.3 Å². The molecule has 1 aromatic heterocycles. The topological polar surface area (TPSA) is 95.8 Å². The second-order valence-corrected chi connectivity index (χ2v) is 8.40. The van der Waals surface area contributed by atoms with Crippen LogP contribution >= 0.6 is 0 Å². The number of carbonyl (C=O) groups is 1. The molecule has 0 saturated carbocycles. The van der Waals surface area contributed by atoms with E-state index in [1.54, 1.807) is 36.1 Å². The summed E-state index contributed by atoms with van der Waals surface area (Å²) in [5.74, 6) is -0.0662. The van der Waals surface area contributed by atoms with E-state index in [9.17, 15) is 13.2 Å². The summed E-state index contributed by atoms with van der Waals surface area (Å²) in [5, 5.41) is 3.71. The van der Waals surface area contributed by atoms with Gasteiger partial charge in [-0.05, 0) is 26.5 Å². The number of sulfonamides is 1. The number of nitrogens with one attached hydrogen (secondary N) is 1. The van der Waals surface area contributed by atoms with Gasteiger partial charge in [0, 0.05) is 26.2 Å². The molecule has 2 aromatic rings. The van der Waals surface area contributed by atoms with Crippen LogP contribution in [-0.2, 0) is 14.8 Å². The summed E-state index contributed by atoms with van der Waals surface area (Å²) >= 11 is 0. The zero-order valence-electron chi connectivity index (χ0n) is 15.7. The molecule has 0 spiro atoms. The molecule has 1 saturated heterocycles. The smallest absolute Gasteiger partial charge is 0.247 e. The highest BCUT2D eigenvalue weighted by molar-refractivity contribution is 7.89. The van der Waals surface area contributed by atoms with Crippen molar-refractivity contribution < 1.29 is 17.7 Å². The summed E-state index contributed by atoms with van der Waals surface area (Å²) < 4.78 is 33.5. The number of benzene rings is 1. The predicted molar refractivity (Wildman–Crippen MR) is 99.6 cm³/mol. The van der Waals surface area contributed by atoms with E-state index in [4.69, 9.17) is 4.52 Å². The molecule has 1 aliphatic heterocycles. The van der Waals surface area contributed by atoms with Crippen LogP contribution in [-0.4, -0.2) is 62.5 Å². The lowest BCUT2D eigenvalue weighted by atomic mass is 10.1.